The number of nitrogens with one attached hydrogen (secondary N) is 3. The molecular formula is C22H18N6O2. The maximum atomic E-state index is 12.5. The first-order valence-corrected chi connectivity index (χ1v) is 9.46. The van der Waals surface area contributed by atoms with Crippen LogP contribution in [0.2, 0.25) is 0 Å². The highest BCUT2D eigenvalue weighted by molar-refractivity contribution is 5.98. The molecule has 5 rings (SSSR count). The second-order valence-corrected chi connectivity index (χ2v) is 7.15. The zero-order valence-corrected chi connectivity index (χ0v) is 16.1. The molecule has 0 fully saturated rings. The van der Waals surface area contributed by atoms with Crippen molar-refractivity contribution in [3.8, 4) is 11.3 Å². The number of aromatic amines is 2. The van der Waals surface area contributed by atoms with Crippen molar-refractivity contribution in [1.29, 1.82) is 0 Å². The summed E-state index contributed by atoms with van der Waals surface area (Å²) in [6.07, 6.45) is 3.39. The van der Waals surface area contributed by atoms with Crippen molar-refractivity contribution in [2.75, 3.05) is 0 Å². The molecular weight excluding hydrogens is 380 g/mol. The lowest BCUT2D eigenvalue weighted by Crippen LogP contribution is -2.25. The lowest BCUT2D eigenvalue weighted by Gasteiger charge is -2.03. The third kappa shape index (κ3) is 3.24. The smallest absolute Gasteiger partial charge is 0.272 e. The van der Waals surface area contributed by atoms with Gasteiger partial charge in [-0.2, -0.15) is 0 Å². The summed E-state index contributed by atoms with van der Waals surface area (Å²) in [5.74, 6) is -0.254. The van der Waals surface area contributed by atoms with E-state index in [0.717, 1.165) is 27.7 Å². The fourth-order valence-electron chi connectivity index (χ4n) is 3.43. The Hall–Kier alpha value is -4.20. The van der Waals surface area contributed by atoms with Crippen molar-refractivity contribution in [3.63, 3.8) is 0 Å². The summed E-state index contributed by atoms with van der Waals surface area (Å²) in [4.78, 5) is 36.7. The van der Waals surface area contributed by atoms with Gasteiger partial charge in [0, 0.05) is 41.0 Å². The van der Waals surface area contributed by atoms with Gasteiger partial charge in [-0.1, -0.05) is 12.1 Å². The highest BCUT2D eigenvalue weighted by Crippen LogP contribution is 2.18. The van der Waals surface area contributed by atoms with Crippen molar-refractivity contribution < 1.29 is 4.79 Å². The van der Waals surface area contributed by atoms with E-state index in [-0.39, 0.29) is 18.0 Å². The van der Waals surface area contributed by atoms with Gasteiger partial charge in [0.1, 0.15) is 5.69 Å². The van der Waals surface area contributed by atoms with Crippen LogP contribution in [-0.4, -0.2) is 30.5 Å². The summed E-state index contributed by atoms with van der Waals surface area (Å²) >= 11 is 0. The number of hydrogen-bond acceptors (Lipinski definition) is 4. The predicted molar refractivity (Wildman–Crippen MR) is 113 cm³/mol. The molecule has 0 radical (unpaired) electrons. The molecule has 3 N–H and O–H groups in total. The molecule has 1 amide bonds. The zero-order valence-electron chi connectivity index (χ0n) is 16.1. The highest BCUT2D eigenvalue weighted by Gasteiger charge is 2.12. The molecule has 1 aromatic carbocycles. The Morgan fingerprint density at radius 2 is 2.07 bits per heavy atom. The van der Waals surface area contributed by atoms with Crippen LogP contribution in [0.1, 0.15) is 21.7 Å². The Balaban J connectivity index is 1.38. The van der Waals surface area contributed by atoms with Crippen LogP contribution in [0.15, 0.2) is 65.7 Å². The van der Waals surface area contributed by atoms with Crippen molar-refractivity contribution in [1.82, 2.24) is 29.9 Å². The second kappa shape index (κ2) is 7.00. The van der Waals surface area contributed by atoms with Crippen molar-refractivity contribution in [2.45, 2.75) is 13.5 Å². The minimum atomic E-state index is -0.254. The molecule has 8 nitrogen and oxygen atoms in total. The molecule has 4 aromatic heterocycles. The summed E-state index contributed by atoms with van der Waals surface area (Å²) in [6.45, 7) is 2.15. The van der Waals surface area contributed by atoms with Crippen LogP contribution in [0.5, 0.6) is 0 Å². The van der Waals surface area contributed by atoms with Gasteiger partial charge in [-0.05, 0) is 36.8 Å². The van der Waals surface area contributed by atoms with E-state index in [0.29, 0.717) is 17.0 Å². The van der Waals surface area contributed by atoms with Crippen LogP contribution < -0.4 is 10.9 Å². The first-order chi connectivity index (χ1) is 14.6. The fourth-order valence-corrected chi connectivity index (χ4v) is 3.43. The molecule has 0 saturated carbocycles. The monoisotopic (exact) mass is 398 g/mol. The Kier molecular flexibility index (Phi) is 4.17. The van der Waals surface area contributed by atoms with Gasteiger partial charge >= 0.3 is 0 Å². The normalized spacial score (nSPS) is 11.2. The molecule has 8 heteroatoms. The standard InChI is InChI=1S/C22H18N6O2/c1-13-4-5-14-8-19(26-17(14)7-13)22(30)24-12-16-9-21(29)28-20(25-16)10-18(27-28)15-3-2-6-23-11-15/h2-11,26-27H,12H2,1H3,(H,24,30). The number of nitrogens with zero attached hydrogens (tertiary/aromatic N) is 3. The third-order valence-electron chi connectivity index (χ3n) is 4.93. The number of aryl methyl sites for hydroxylation is 1. The van der Waals surface area contributed by atoms with Gasteiger partial charge in [-0.25, -0.2) is 9.50 Å². The predicted octanol–water partition coefficient (Wildman–Crippen LogP) is 2.80. The van der Waals surface area contributed by atoms with Gasteiger partial charge in [-0.3, -0.25) is 19.7 Å². The lowest BCUT2D eigenvalue weighted by atomic mass is 10.2. The Labute approximate surface area is 170 Å². The van der Waals surface area contributed by atoms with E-state index in [1.807, 2.05) is 43.3 Å². The van der Waals surface area contributed by atoms with E-state index in [4.69, 9.17) is 0 Å². The number of fused-ring (bicyclic) bond motifs is 2. The van der Waals surface area contributed by atoms with Crippen molar-refractivity contribution in [2.24, 2.45) is 0 Å². The van der Waals surface area contributed by atoms with Gasteiger partial charge in [-0.15, -0.1) is 0 Å². The molecule has 30 heavy (non-hydrogen) atoms. The Bertz CT molecular complexity index is 1450. The minimum Gasteiger partial charge on any atom is -0.351 e. The summed E-state index contributed by atoms with van der Waals surface area (Å²) < 4.78 is 1.37. The van der Waals surface area contributed by atoms with Crippen LogP contribution in [0.25, 0.3) is 27.8 Å². The molecule has 148 valence electrons. The average Bonchev–Trinajstić information content (AvgIpc) is 3.37. The maximum Gasteiger partial charge on any atom is 0.272 e. The van der Waals surface area contributed by atoms with E-state index in [1.165, 1.54) is 10.6 Å². The molecule has 5 aromatic rings. The summed E-state index contributed by atoms with van der Waals surface area (Å²) in [7, 11) is 0. The van der Waals surface area contributed by atoms with Crippen LogP contribution in [0.3, 0.4) is 0 Å². The van der Waals surface area contributed by atoms with Crippen LogP contribution in [0.4, 0.5) is 0 Å². The number of amides is 1. The third-order valence-corrected chi connectivity index (χ3v) is 4.93. The van der Waals surface area contributed by atoms with Gasteiger partial charge in [0.15, 0.2) is 5.65 Å². The second-order valence-electron chi connectivity index (χ2n) is 7.15. The molecule has 0 atom stereocenters. The molecule has 0 spiro atoms. The summed E-state index contributed by atoms with van der Waals surface area (Å²) in [5.41, 5.74) is 4.80. The Morgan fingerprint density at radius 3 is 2.90 bits per heavy atom. The summed E-state index contributed by atoms with van der Waals surface area (Å²) in [5, 5.41) is 6.82. The minimum absolute atomic E-state index is 0.145. The number of aromatic nitrogens is 5. The van der Waals surface area contributed by atoms with Crippen molar-refractivity contribution in [3.05, 3.63) is 88.2 Å². The average molecular weight is 398 g/mol. The van der Waals surface area contributed by atoms with Crippen LogP contribution in [0, 0.1) is 6.92 Å². The molecule has 0 aliphatic rings. The summed E-state index contributed by atoms with van der Waals surface area (Å²) in [6, 6.07) is 14.7. The van der Waals surface area contributed by atoms with Gasteiger partial charge in [0.05, 0.1) is 17.9 Å². The van der Waals surface area contributed by atoms with Gasteiger partial charge in [0.25, 0.3) is 11.5 Å². The highest BCUT2D eigenvalue weighted by atomic mass is 16.2. The Morgan fingerprint density at radius 1 is 1.17 bits per heavy atom. The molecule has 0 unspecified atom stereocenters. The molecule has 0 saturated heterocycles. The van der Waals surface area contributed by atoms with Crippen LogP contribution in [-0.2, 0) is 6.54 Å². The number of carbonyl (C=O) groups excluding carboxylic acids is 1. The van der Waals surface area contributed by atoms with E-state index >= 15 is 0 Å². The van der Waals surface area contributed by atoms with E-state index < -0.39 is 0 Å². The van der Waals surface area contributed by atoms with E-state index in [9.17, 15) is 9.59 Å². The quantitative estimate of drug-likeness (QED) is 0.433. The number of rotatable bonds is 4. The van der Waals surface area contributed by atoms with E-state index in [1.54, 1.807) is 18.5 Å². The van der Waals surface area contributed by atoms with Crippen LogP contribution >= 0.6 is 0 Å². The van der Waals surface area contributed by atoms with Gasteiger partial charge < -0.3 is 10.3 Å². The first-order valence-electron chi connectivity index (χ1n) is 9.46. The first kappa shape index (κ1) is 17.9. The maximum absolute atomic E-state index is 12.5. The number of pyridine rings is 1. The number of carbonyl (C=O) groups is 1. The molecule has 0 bridgehead atoms. The zero-order chi connectivity index (χ0) is 20.7. The number of benzene rings is 1. The van der Waals surface area contributed by atoms with E-state index in [2.05, 4.69) is 25.4 Å². The van der Waals surface area contributed by atoms with Gasteiger partial charge in [0.2, 0.25) is 0 Å². The topological polar surface area (TPSA) is 108 Å². The number of hydrogen-bond donors (Lipinski definition) is 3. The molecule has 0 aliphatic heterocycles. The lowest BCUT2D eigenvalue weighted by molar-refractivity contribution is 0.0946. The largest absolute Gasteiger partial charge is 0.351 e. The number of H-pyrrole nitrogens is 2. The van der Waals surface area contributed by atoms with Crippen molar-refractivity contribution >= 4 is 22.5 Å². The SMILES string of the molecule is Cc1ccc2cc(C(=O)NCc3cc(=O)n4[nH]c(-c5cccnc5)cc4n3)[nH]c2c1. The molecule has 4 heterocycles. The fraction of sp³-hybridized carbons (Fsp3) is 0.0909. The molecule has 0 aliphatic carbocycles.